The van der Waals surface area contributed by atoms with E-state index in [4.69, 9.17) is 16.5 Å². The van der Waals surface area contributed by atoms with Gasteiger partial charge >= 0.3 is 0 Å². The van der Waals surface area contributed by atoms with Crippen molar-refractivity contribution in [3.63, 3.8) is 0 Å². The molecule has 5 heteroatoms. The van der Waals surface area contributed by atoms with E-state index >= 15 is 0 Å². The normalized spacial score (nSPS) is 15.0. The number of imidazole rings is 1. The van der Waals surface area contributed by atoms with E-state index in [1.807, 2.05) is 60.7 Å². The molecule has 1 amide bonds. The Morgan fingerprint density at radius 1 is 0.962 bits per heavy atom. The van der Waals surface area contributed by atoms with Gasteiger partial charge in [0.1, 0.15) is 5.82 Å². The number of nitrogen functional groups attached to an aromatic ring is 1. The molecular formula is C21H16N4O. The molecule has 0 saturated heterocycles. The number of nitrogens with zero attached hydrogens (tertiary/aromatic N) is 1. The SMILES string of the molecule is NC(=O)[C@@H]1c2cc(N)ccc2-c2c(-c3nc4ccccc4[nH]3)cccc21. The van der Waals surface area contributed by atoms with Gasteiger partial charge in [-0.2, -0.15) is 0 Å². The summed E-state index contributed by atoms with van der Waals surface area (Å²) in [6, 6.07) is 19.5. The summed E-state index contributed by atoms with van der Waals surface area (Å²) in [5.74, 6) is -0.0962. The fraction of sp³-hybridized carbons (Fsp3) is 0.0476. The number of para-hydroxylation sites is 2. The lowest BCUT2D eigenvalue weighted by Crippen LogP contribution is -2.20. The van der Waals surface area contributed by atoms with E-state index in [1.165, 1.54) is 0 Å². The van der Waals surface area contributed by atoms with E-state index in [1.54, 1.807) is 0 Å². The van der Waals surface area contributed by atoms with Gasteiger partial charge in [-0.15, -0.1) is 0 Å². The molecule has 0 saturated carbocycles. The number of aromatic amines is 1. The molecule has 1 aromatic heterocycles. The molecule has 1 aliphatic carbocycles. The predicted molar refractivity (Wildman–Crippen MR) is 102 cm³/mol. The van der Waals surface area contributed by atoms with Crippen LogP contribution in [0.3, 0.4) is 0 Å². The van der Waals surface area contributed by atoms with Crippen molar-refractivity contribution in [1.29, 1.82) is 0 Å². The summed E-state index contributed by atoms with van der Waals surface area (Å²) in [7, 11) is 0. The molecule has 4 aromatic rings. The molecule has 3 aromatic carbocycles. The smallest absolute Gasteiger partial charge is 0.229 e. The Morgan fingerprint density at radius 3 is 2.62 bits per heavy atom. The number of hydrogen-bond acceptors (Lipinski definition) is 3. The summed E-state index contributed by atoms with van der Waals surface area (Å²) in [6.07, 6.45) is 0. The first kappa shape index (κ1) is 14.7. The summed E-state index contributed by atoms with van der Waals surface area (Å²) in [4.78, 5) is 20.3. The van der Waals surface area contributed by atoms with Gasteiger partial charge in [0.25, 0.3) is 0 Å². The van der Waals surface area contributed by atoms with Crippen LogP contribution in [0.4, 0.5) is 5.69 Å². The Hall–Kier alpha value is -3.60. The minimum Gasteiger partial charge on any atom is -0.399 e. The molecule has 0 radical (unpaired) electrons. The Morgan fingerprint density at radius 2 is 1.81 bits per heavy atom. The molecule has 5 rings (SSSR count). The van der Waals surface area contributed by atoms with Crippen LogP contribution in [-0.4, -0.2) is 15.9 Å². The highest BCUT2D eigenvalue weighted by Crippen LogP contribution is 2.49. The van der Waals surface area contributed by atoms with Crippen LogP contribution in [0.5, 0.6) is 0 Å². The standard InChI is InChI=1S/C21H16N4O/c22-11-8-9-12-15(10-11)19(20(23)26)13-4-3-5-14(18(12)13)21-24-16-6-1-2-7-17(16)25-21/h1-10,19H,22H2,(H2,23,26)(H,24,25)/t19-/m0/s1. The highest BCUT2D eigenvalue weighted by Gasteiger charge is 2.34. The van der Waals surface area contributed by atoms with Crippen LogP contribution in [0.2, 0.25) is 0 Å². The van der Waals surface area contributed by atoms with Gasteiger partial charge in [0.05, 0.1) is 17.0 Å². The van der Waals surface area contributed by atoms with Crippen molar-refractivity contribution in [2.24, 2.45) is 5.73 Å². The van der Waals surface area contributed by atoms with Crippen molar-refractivity contribution in [1.82, 2.24) is 9.97 Å². The molecule has 5 N–H and O–H groups in total. The minimum atomic E-state index is -0.493. The summed E-state index contributed by atoms with van der Waals surface area (Å²) in [5.41, 5.74) is 18.9. The van der Waals surface area contributed by atoms with Crippen LogP contribution in [0.1, 0.15) is 17.0 Å². The topological polar surface area (TPSA) is 97.8 Å². The van der Waals surface area contributed by atoms with E-state index in [9.17, 15) is 4.79 Å². The third kappa shape index (κ3) is 1.97. The zero-order valence-electron chi connectivity index (χ0n) is 13.9. The average Bonchev–Trinajstić information content (AvgIpc) is 3.19. The van der Waals surface area contributed by atoms with E-state index in [-0.39, 0.29) is 5.91 Å². The largest absolute Gasteiger partial charge is 0.399 e. The molecule has 0 unspecified atom stereocenters. The number of nitrogens with two attached hydrogens (primary N) is 2. The monoisotopic (exact) mass is 340 g/mol. The van der Waals surface area contributed by atoms with E-state index in [2.05, 4.69) is 4.98 Å². The second-order valence-corrected chi connectivity index (χ2v) is 6.55. The zero-order valence-corrected chi connectivity index (χ0v) is 13.9. The van der Waals surface area contributed by atoms with Gasteiger partial charge in [-0.25, -0.2) is 4.98 Å². The van der Waals surface area contributed by atoms with Crippen molar-refractivity contribution < 1.29 is 4.79 Å². The van der Waals surface area contributed by atoms with Crippen molar-refractivity contribution in [2.75, 3.05) is 5.73 Å². The summed E-state index contributed by atoms with van der Waals surface area (Å²) < 4.78 is 0. The van der Waals surface area contributed by atoms with Gasteiger partial charge < -0.3 is 16.5 Å². The van der Waals surface area contributed by atoms with Gasteiger partial charge in [0.15, 0.2) is 0 Å². The van der Waals surface area contributed by atoms with Crippen LogP contribution in [0.25, 0.3) is 33.5 Å². The van der Waals surface area contributed by atoms with Gasteiger partial charge in [-0.1, -0.05) is 36.4 Å². The molecule has 0 spiro atoms. The first-order valence-corrected chi connectivity index (χ1v) is 8.40. The summed E-state index contributed by atoms with van der Waals surface area (Å²) >= 11 is 0. The van der Waals surface area contributed by atoms with Crippen molar-refractivity contribution >= 4 is 22.6 Å². The second kappa shape index (κ2) is 5.20. The number of aromatic nitrogens is 2. The maximum atomic E-state index is 12.2. The molecule has 1 aliphatic rings. The number of fused-ring (bicyclic) bond motifs is 4. The molecule has 26 heavy (non-hydrogen) atoms. The lowest BCUT2D eigenvalue weighted by Gasteiger charge is -2.10. The predicted octanol–water partition coefficient (Wildman–Crippen LogP) is 3.41. The van der Waals surface area contributed by atoms with Crippen molar-refractivity contribution in [3.05, 3.63) is 71.8 Å². The maximum absolute atomic E-state index is 12.2. The Kier molecular flexibility index (Phi) is 2.94. The van der Waals surface area contributed by atoms with Crippen molar-refractivity contribution in [3.8, 4) is 22.5 Å². The van der Waals surface area contributed by atoms with Crippen molar-refractivity contribution in [2.45, 2.75) is 5.92 Å². The Balaban J connectivity index is 1.81. The molecule has 0 aliphatic heterocycles. The van der Waals surface area contributed by atoms with E-state index < -0.39 is 5.92 Å². The minimum absolute atomic E-state index is 0.377. The zero-order chi connectivity index (χ0) is 17.8. The molecule has 1 heterocycles. The number of rotatable bonds is 2. The van der Waals surface area contributed by atoms with Crippen LogP contribution >= 0.6 is 0 Å². The number of amides is 1. The highest BCUT2D eigenvalue weighted by molar-refractivity contribution is 6.00. The maximum Gasteiger partial charge on any atom is 0.229 e. The number of carbonyl (C=O) groups is 1. The quantitative estimate of drug-likeness (QED) is 0.488. The Bertz CT molecular complexity index is 1160. The first-order chi connectivity index (χ1) is 12.6. The van der Waals surface area contributed by atoms with Gasteiger partial charge in [-0.05, 0) is 46.5 Å². The first-order valence-electron chi connectivity index (χ1n) is 8.40. The fourth-order valence-electron chi connectivity index (χ4n) is 3.91. The number of anilines is 1. The van der Waals surface area contributed by atoms with Crippen LogP contribution in [0.15, 0.2) is 60.7 Å². The summed E-state index contributed by atoms with van der Waals surface area (Å²) in [5, 5.41) is 0. The van der Waals surface area contributed by atoms with E-state index in [0.29, 0.717) is 5.69 Å². The van der Waals surface area contributed by atoms with Crippen LogP contribution < -0.4 is 11.5 Å². The number of H-pyrrole nitrogens is 1. The third-order valence-corrected chi connectivity index (χ3v) is 4.99. The van der Waals surface area contributed by atoms with Crippen LogP contribution in [-0.2, 0) is 4.79 Å². The van der Waals surface area contributed by atoms with E-state index in [0.717, 1.165) is 44.7 Å². The highest BCUT2D eigenvalue weighted by atomic mass is 16.1. The molecule has 5 nitrogen and oxygen atoms in total. The number of benzene rings is 3. The number of nitrogens with one attached hydrogen (secondary N) is 1. The third-order valence-electron chi connectivity index (χ3n) is 4.99. The van der Waals surface area contributed by atoms with Gasteiger partial charge in [0.2, 0.25) is 5.91 Å². The van der Waals surface area contributed by atoms with Crippen LogP contribution in [0, 0.1) is 0 Å². The second-order valence-electron chi connectivity index (χ2n) is 6.55. The molecule has 0 bridgehead atoms. The lowest BCUT2D eigenvalue weighted by molar-refractivity contribution is -0.118. The molecule has 0 fully saturated rings. The molecule has 1 atom stereocenters. The summed E-state index contributed by atoms with van der Waals surface area (Å²) in [6.45, 7) is 0. The number of primary amides is 1. The lowest BCUT2D eigenvalue weighted by atomic mass is 9.95. The number of carbonyl (C=O) groups excluding carboxylic acids is 1. The molecule has 126 valence electrons. The number of hydrogen-bond donors (Lipinski definition) is 3. The van der Waals surface area contributed by atoms with Gasteiger partial charge in [0, 0.05) is 11.3 Å². The fourth-order valence-corrected chi connectivity index (χ4v) is 3.91. The average molecular weight is 340 g/mol. The molecular weight excluding hydrogens is 324 g/mol. The van der Waals surface area contributed by atoms with Gasteiger partial charge in [-0.3, -0.25) is 4.79 Å². The Labute approximate surface area is 149 Å².